The van der Waals surface area contributed by atoms with Gasteiger partial charge in [-0.3, -0.25) is 4.79 Å². The number of rotatable bonds is 4. The van der Waals surface area contributed by atoms with Crippen molar-refractivity contribution in [1.29, 1.82) is 0 Å². The topological polar surface area (TPSA) is 60.7 Å². The van der Waals surface area contributed by atoms with Gasteiger partial charge < -0.3 is 9.30 Å². The zero-order chi connectivity index (χ0) is 19.4. The molecule has 1 heterocycles. The molecular weight excluding hydrogens is 408 g/mol. The summed E-state index contributed by atoms with van der Waals surface area (Å²) in [5.74, 6) is -0.875. The molecule has 0 saturated heterocycles. The number of hydrogen-bond donors (Lipinski definition) is 0. The first-order valence-corrected chi connectivity index (χ1v) is 9.38. The summed E-state index contributed by atoms with van der Waals surface area (Å²) >= 11 is 3.47. The molecule has 0 bridgehead atoms. The minimum Gasteiger partial charge on any atom is -0.462 e. The number of halogens is 1. The van der Waals surface area contributed by atoms with Crippen molar-refractivity contribution in [2.24, 2.45) is 4.99 Å². The quantitative estimate of drug-likeness (QED) is 0.590. The van der Waals surface area contributed by atoms with E-state index in [-0.39, 0.29) is 18.1 Å². The van der Waals surface area contributed by atoms with Crippen molar-refractivity contribution >= 4 is 38.7 Å². The Hall–Kier alpha value is -2.73. The summed E-state index contributed by atoms with van der Waals surface area (Å²) in [6, 6.07) is 17.3. The maximum absolute atomic E-state index is 12.6. The van der Waals surface area contributed by atoms with Gasteiger partial charge in [0.15, 0.2) is 5.49 Å². The highest BCUT2D eigenvalue weighted by molar-refractivity contribution is 9.10. The van der Waals surface area contributed by atoms with Crippen molar-refractivity contribution < 1.29 is 14.3 Å². The van der Waals surface area contributed by atoms with E-state index in [1.807, 2.05) is 53.1 Å². The summed E-state index contributed by atoms with van der Waals surface area (Å²) in [6.07, 6.45) is 0. The van der Waals surface area contributed by atoms with Gasteiger partial charge in [0.2, 0.25) is 5.91 Å². The molecule has 138 valence electrons. The predicted octanol–water partition coefficient (Wildman–Crippen LogP) is 4.08. The third-order valence-corrected chi connectivity index (χ3v) is 4.51. The van der Waals surface area contributed by atoms with Crippen LogP contribution in [0.25, 0.3) is 10.9 Å². The molecule has 0 saturated carbocycles. The highest BCUT2D eigenvalue weighted by Gasteiger charge is 2.16. The maximum atomic E-state index is 12.6. The molecule has 3 rings (SSSR count). The monoisotopic (exact) mass is 426 g/mol. The Labute approximate surface area is 165 Å². The van der Waals surface area contributed by atoms with E-state index in [9.17, 15) is 9.59 Å². The van der Waals surface area contributed by atoms with Crippen LogP contribution in [-0.2, 0) is 16.1 Å². The van der Waals surface area contributed by atoms with Crippen LogP contribution in [0.5, 0.6) is 0 Å². The van der Waals surface area contributed by atoms with Crippen molar-refractivity contribution in [2.45, 2.75) is 20.4 Å². The fourth-order valence-corrected chi connectivity index (χ4v) is 3.30. The number of fused-ring (bicyclic) bond motifs is 1. The number of ether oxygens (including phenoxy) is 1. The Bertz CT molecular complexity index is 1070. The Morgan fingerprint density at radius 1 is 1.11 bits per heavy atom. The third kappa shape index (κ3) is 4.34. The van der Waals surface area contributed by atoms with E-state index in [4.69, 9.17) is 4.74 Å². The molecule has 0 N–H and O–H groups in total. The minimum absolute atomic E-state index is 0.244. The number of hydrogen-bond acceptors (Lipinski definition) is 3. The summed E-state index contributed by atoms with van der Waals surface area (Å²) in [7, 11) is 0. The number of benzene rings is 2. The summed E-state index contributed by atoms with van der Waals surface area (Å²) in [6.45, 7) is 3.83. The molecule has 0 fully saturated rings. The fraction of sp³-hybridized carbons (Fsp3) is 0.190. The van der Waals surface area contributed by atoms with Gasteiger partial charge in [-0.1, -0.05) is 46.3 Å². The number of aromatic nitrogens is 1. The van der Waals surface area contributed by atoms with Crippen molar-refractivity contribution in [3.05, 3.63) is 75.7 Å². The Balaban J connectivity index is 2.36. The highest BCUT2D eigenvalue weighted by Crippen LogP contribution is 2.21. The Morgan fingerprint density at radius 3 is 2.52 bits per heavy atom. The SMILES string of the molecule is CCOC(=O)c1cc2cc(Br)ccc2n(Cc2ccccc2)c1=NC(C)=O. The Kier molecular flexibility index (Phi) is 5.86. The number of carbonyl (C=O) groups is 2. The predicted molar refractivity (Wildman–Crippen MR) is 107 cm³/mol. The third-order valence-electron chi connectivity index (χ3n) is 4.02. The molecule has 1 amide bonds. The number of carbonyl (C=O) groups excluding carboxylic acids is 2. The molecule has 0 aliphatic rings. The molecule has 3 aromatic rings. The van der Waals surface area contributed by atoms with Crippen LogP contribution in [0.15, 0.2) is 64.1 Å². The molecule has 0 aliphatic carbocycles. The molecule has 2 aromatic carbocycles. The first kappa shape index (κ1) is 19.0. The lowest BCUT2D eigenvalue weighted by Crippen LogP contribution is -2.30. The van der Waals surface area contributed by atoms with Crippen LogP contribution in [0.1, 0.15) is 29.8 Å². The summed E-state index contributed by atoms with van der Waals surface area (Å²) in [5.41, 5.74) is 2.48. The lowest BCUT2D eigenvalue weighted by Gasteiger charge is -2.15. The van der Waals surface area contributed by atoms with Crippen LogP contribution in [0, 0.1) is 0 Å². The molecule has 0 atom stereocenters. The molecule has 0 radical (unpaired) electrons. The number of nitrogens with zero attached hydrogens (tertiary/aromatic N) is 2. The van der Waals surface area contributed by atoms with Crippen molar-refractivity contribution in [2.75, 3.05) is 6.61 Å². The maximum Gasteiger partial charge on any atom is 0.341 e. The minimum atomic E-state index is -0.499. The smallest absolute Gasteiger partial charge is 0.341 e. The first-order chi connectivity index (χ1) is 13.0. The molecule has 1 aromatic heterocycles. The molecule has 0 spiro atoms. The second kappa shape index (κ2) is 8.31. The van der Waals surface area contributed by atoms with Crippen molar-refractivity contribution in [3.8, 4) is 0 Å². The van der Waals surface area contributed by atoms with Gasteiger partial charge >= 0.3 is 5.97 Å². The summed E-state index contributed by atoms with van der Waals surface area (Å²) < 4.78 is 7.97. The van der Waals surface area contributed by atoms with Gasteiger partial charge in [0.25, 0.3) is 0 Å². The van der Waals surface area contributed by atoms with Gasteiger partial charge in [0.05, 0.1) is 12.1 Å². The normalized spacial score (nSPS) is 11.6. The van der Waals surface area contributed by atoms with Gasteiger partial charge in [0, 0.05) is 23.3 Å². The number of pyridine rings is 1. The molecule has 27 heavy (non-hydrogen) atoms. The van der Waals surface area contributed by atoms with Crippen LogP contribution in [0.4, 0.5) is 0 Å². The molecule has 0 unspecified atom stereocenters. The van der Waals surface area contributed by atoms with E-state index in [2.05, 4.69) is 20.9 Å². The molecule has 6 heteroatoms. The highest BCUT2D eigenvalue weighted by atomic mass is 79.9. The number of esters is 1. The van der Waals surface area contributed by atoms with Gasteiger partial charge in [0.1, 0.15) is 5.56 Å². The van der Waals surface area contributed by atoms with E-state index in [0.717, 1.165) is 20.9 Å². The zero-order valence-electron chi connectivity index (χ0n) is 15.1. The van der Waals surface area contributed by atoms with Crippen molar-refractivity contribution in [1.82, 2.24) is 4.57 Å². The van der Waals surface area contributed by atoms with Crippen LogP contribution in [0.2, 0.25) is 0 Å². The summed E-state index contributed by atoms with van der Waals surface area (Å²) in [4.78, 5) is 28.5. The average Bonchev–Trinajstić information content (AvgIpc) is 2.63. The standard InChI is InChI=1S/C21H19BrN2O3/c1-3-27-21(26)18-12-16-11-17(22)9-10-19(16)24(20(18)23-14(2)25)13-15-7-5-4-6-8-15/h4-12H,3,13H2,1-2H3. The first-order valence-electron chi connectivity index (χ1n) is 8.59. The second-order valence-electron chi connectivity index (χ2n) is 6.01. The van der Waals surface area contributed by atoms with E-state index >= 15 is 0 Å². The second-order valence-corrected chi connectivity index (χ2v) is 6.92. The largest absolute Gasteiger partial charge is 0.462 e. The van der Waals surface area contributed by atoms with Crippen LogP contribution < -0.4 is 5.49 Å². The molecule has 0 aliphatic heterocycles. The van der Waals surface area contributed by atoms with Gasteiger partial charge in [-0.05, 0) is 36.8 Å². The lowest BCUT2D eigenvalue weighted by atomic mass is 10.1. The summed E-state index contributed by atoms with van der Waals surface area (Å²) in [5, 5.41) is 0.853. The van der Waals surface area contributed by atoms with Crippen LogP contribution in [-0.4, -0.2) is 23.1 Å². The lowest BCUT2D eigenvalue weighted by molar-refractivity contribution is -0.116. The Morgan fingerprint density at radius 2 is 1.85 bits per heavy atom. The van der Waals surface area contributed by atoms with Crippen LogP contribution >= 0.6 is 15.9 Å². The van der Waals surface area contributed by atoms with Gasteiger partial charge in [-0.2, -0.15) is 4.99 Å². The van der Waals surface area contributed by atoms with Crippen LogP contribution in [0.3, 0.4) is 0 Å². The average molecular weight is 427 g/mol. The van der Waals surface area contributed by atoms with Gasteiger partial charge in [-0.25, -0.2) is 4.79 Å². The fourth-order valence-electron chi connectivity index (χ4n) is 2.92. The zero-order valence-corrected chi connectivity index (χ0v) is 16.7. The van der Waals surface area contributed by atoms with E-state index < -0.39 is 5.97 Å². The number of amides is 1. The van der Waals surface area contributed by atoms with E-state index in [0.29, 0.717) is 12.0 Å². The van der Waals surface area contributed by atoms with Gasteiger partial charge in [-0.15, -0.1) is 0 Å². The van der Waals surface area contributed by atoms with E-state index in [1.54, 1.807) is 13.0 Å². The molecule has 5 nitrogen and oxygen atoms in total. The van der Waals surface area contributed by atoms with E-state index in [1.165, 1.54) is 6.92 Å². The van der Waals surface area contributed by atoms with Crippen molar-refractivity contribution in [3.63, 3.8) is 0 Å². The molecular formula is C21H19BrN2O3.